The average Bonchev–Trinajstić information content (AvgIpc) is 2.93. The highest BCUT2D eigenvalue weighted by molar-refractivity contribution is 6.31. The van der Waals surface area contributed by atoms with Gasteiger partial charge < -0.3 is 20.1 Å². The Morgan fingerprint density at radius 3 is 1.47 bits per heavy atom. The highest BCUT2D eigenvalue weighted by atomic mass is 16.5. The molecule has 0 radical (unpaired) electrons. The number of morpholine rings is 2. The molecular formula is C28H36N4O4. The molecule has 2 N–H and O–H groups in total. The van der Waals surface area contributed by atoms with Gasteiger partial charge in [-0.3, -0.25) is 19.4 Å². The van der Waals surface area contributed by atoms with Gasteiger partial charge in [0.1, 0.15) is 0 Å². The minimum atomic E-state index is -0.0900. The van der Waals surface area contributed by atoms with Crippen LogP contribution in [0.4, 0.5) is 11.4 Å². The molecule has 3 aliphatic rings. The minimum absolute atomic E-state index is 0.0900. The standard InChI is InChI=1S/C28H36N4O4/c33-27-21-5-1-2-6-22(21)28(34)26-24(30-10-4-12-32-15-19-36-20-16-32)8-7-23(25(26)27)29-9-3-11-31-13-17-35-18-14-31/h1-2,5-8,29-30H,3-4,9-20H2. The van der Waals surface area contributed by atoms with Crippen molar-refractivity contribution in [2.45, 2.75) is 12.8 Å². The molecule has 0 atom stereocenters. The predicted octanol–water partition coefficient (Wildman–Crippen LogP) is 2.73. The molecule has 2 fully saturated rings. The van der Waals surface area contributed by atoms with Gasteiger partial charge >= 0.3 is 0 Å². The summed E-state index contributed by atoms with van der Waals surface area (Å²) < 4.78 is 10.9. The molecule has 0 amide bonds. The van der Waals surface area contributed by atoms with Crippen molar-refractivity contribution >= 4 is 22.9 Å². The lowest BCUT2D eigenvalue weighted by atomic mass is 9.82. The number of nitrogens with zero attached hydrogens (tertiary/aromatic N) is 2. The van der Waals surface area contributed by atoms with E-state index in [0.29, 0.717) is 22.3 Å². The molecule has 1 aliphatic carbocycles. The lowest BCUT2D eigenvalue weighted by Gasteiger charge is -2.27. The Kier molecular flexibility index (Phi) is 8.28. The lowest BCUT2D eigenvalue weighted by molar-refractivity contribution is 0.0378. The van der Waals surface area contributed by atoms with Gasteiger partial charge in [0, 0.05) is 61.8 Å². The van der Waals surface area contributed by atoms with E-state index in [-0.39, 0.29) is 11.6 Å². The van der Waals surface area contributed by atoms with Crippen LogP contribution in [-0.2, 0) is 9.47 Å². The van der Waals surface area contributed by atoms with Crippen LogP contribution in [0.1, 0.15) is 44.7 Å². The maximum atomic E-state index is 13.6. The van der Waals surface area contributed by atoms with E-state index in [0.717, 1.165) is 103 Å². The van der Waals surface area contributed by atoms with Crippen molar-refractivity contribution in [1.29, 1.82) is 0 Å². The molecule has 2 aromatic rings. The summed E-state index contributed by atoms with van der Waals surface area (Å²) in [6.07, 6.45) is 1.91. The van der Waals surface area contributed by atoms with Gasteiger partial charge in [-0.15, -0.1) is 0 Å². The first-order valence-corrected chi connectivity index (χ1v) is 13.2. The fourth-order valence-corrected chi connectivity index (χ4v) is 5.22. The van der Waals surface area contributed by atoms with Crippen LogP contribution in [0, 0.1) is 0 Å². The molecule has 8 nitrogen and oxygen atoms in total. The van der Waals surface area contributed by atoms with Gasteiger partial charge in [-0.1, -0.05) is 24.3 Å². The van der Waals surface area contributed by atoms with Gasteiger partial charge in [0.05, 0.1) is 37.6 Å². The Morgan fingerprint density at radius 1 is 0.639 bits per heavy atom. The first-order chi connectivity index (χ1) is 17.7. The summed E-state index contributed by atoms with van der Waals surface area (Å²) in [5, 5.41) is 6.91. The van der Waals surface area contributed by atoms with E-state index in [4.69, 9.17) is 9.47 Å². The first-order valence-electron chi connectivity index (χ1n) is 13.2. The zero-order chi connectivity index (χ0) is 24.7. The van der Waals surface area contributed by atoms with Crippen molar-refractivity contribution in [3.8, 4) is 0 Å². The van der Waals surface area contributed by atoms with E-state index in [2.05, 4.69) is 20.4 Å². The summed E-state index contributed by atoms with van der Waals surface area (Å²) in [5.74, 6) is -0.180. The summed E-state index contributed by atoms with van der Waals surface area (Å²) in [4.78, 5) is 32.0. The smallest absolute Gasteiger partial charge is 0.196 e. The number of ketones is 2. The maximum Gasteiger partial charge on any atom is 0.196 e. The van der Waals surface area contributed by atoms with Crippen molar-refractivity contribution in [1.82, 2.24) is 9.80 Å². The van der Waals surface area contributed by atoms with E-state index in [1.54, 1.807) is 12.1 Å². The van der Waals surface area contributed by atoms with Crippen molar-refractivity contribution in [2.75, 3.05) is 89.4 Å². The largest absolute Gasteiger partial charge is 0.384 e. The minimum Gasteiger partial charge on any atom is -0.384 e. The van der Waals surface area contributed by atoms with Crippen LogP contribution in [0.25, 0.3) is 0 Å². The molecule has 2 aliphatic heterocycles. The van der Waals surface area contributed by atoms with Crippen molar-refractivity contribution in [3.63, 3.8) is 0 Å². The van der Waals surface area contributed by atoms with Crippen LogP contribution < -0.4 is 10.6 Å². The second-order valence-electron chi connectivity index (χ2n) is 9.58. The van der Waals surface area contributed by atoms with E-state index in [1.165, 1.54) is 0 Å². The SMILES string of the molecule is O=C1c2ccccc2C(=O)c2c(NCCCN3CCOCC3)ccc(NCCCN3CCOCC3)c21. The van der Waals surface area contributed by atoms with Gasteiger partial charge in [0.2, 0.25) is 0 Å². The maximum absolute atomic E-state index is 13.6. The van der Waals surface area contributed by atoms with Crippen molar-refractivity contribution in [3.05, 3.63) is 58.7 Å². The Balaban J connectivity index is 1.29. The number of benzene rings is 2. The summed E-state index contributed by atoms with van der Waals surface area (Å²) >= 11 is 0. The fourth-order valence-electron chi connectivity index (χ4n) is 5.22. The number of anilines is 2. The summed E-state index contributed by atoms with van der Waals surface area (Å²) in [6, 6.07) is 11.0. The number of carbonyl (C=O) groups is 2. The average molecular weight is 493 g/mol. The number of hydrogen-bond acceptors (Lipinski definition) is 8. The summed E-state index contributed by atoms with van der Waals surface area (Å²) in [6.45, 7) is 10.4. The number of ether oxygens (including phenoxy) is 2. The van der Waals surface area contributed by atoms with Gasteiger partial charge in [-0.25, -0.2) is 0 Å². The number of fused-ring (bicyclic) bond motifs is 2. The van der Waals surface area contributed by atoms with E-state index in [1.807, 2.05) is 24.3 Å². The van der Waals surface area contributed by atoms with Crippen molar-refractivity contribution in [2.24, 2.45) is 0 Å². The molecule has 0 unspecified atom stereocenters. The molecular weight excluding hydrogens is 456 g/mol. The highest BCUT2D eigenvalue weighted by Crippen LogP contribution is 2.36. The predicted molar refractivity (Wildman–Crippen MR) is 140 cm³/mol. The van der Waals surface area contributed by atoms with E-state index < -0.39 is 0 Å². The molecule has 2 saturated heterocycles. The zero-order valence-corrected chi connectivity index (χ0v) is 20.9. The summed E-state index contributed by atoms with van der Waals surface area (Å²) in [5.41, 5.74) is 3.41. The first kappa shape index (κ1) is 24.9. The molecule has 5 rings (SSSR count). The third kappa shape index (κ3) is 5.62. The monoisotopic (exact) mass is 492 g/mol. The molecule has 0 spiro atoms. The van der Waals surface area contributed by atoms with Crippen LogP contribution in [0.15, 0.2) is 36.4 Å². The van der Waals surface area contributed by atoms with Gasteiger partial charge in [0.15, 0.2) is 11.6 Å². The molecule has 8 heteroatoms. The summed E-state index contributed by atoms with van der Waals surface area (Å²) in [7, 11) is 0. The normalized spacial score (nSPS) is 18.6. The van der Waals surface area contributed by atoms with Crippen LogP contribution in [0.3, 0.4) is 0 Å². The third-order valence-electron chi connectivity index (χ3n) is 7.22. The molecule has 2 heterocycles. The number of carbonyl (C=O) groups excluding carboxylic acids is 2. The Morgan fingerprint density at radius 2 is 1.06 bits per heavy atom. The quantitative estimate of drug-likeness (QED) is 0.418. The van der Waals surface area contributed by atoms with E-state index >= 15 is 0 Å². The molecule has 36 heavy (non-hydrogen) atoms. The zero-order valence-electron chi connectivity index (χ0n) is 20.9. The number of hydrogen-bond donors (Lipinski definition) is 2. The van der Waals surface area contributed by atoms with Crippen molar-refractivity contribution < 1.29 is 19.1 Å². The second-order valence-corrected chi connectivity index (χ2v) is 9.58. The second kappa shape index (κ2) is 12.0. The van der Waals surface area contributed by atoms with Crippen LogP contribution in [0.2, 0.25) is 0 Å². The topological polar surface area (TPSA) is 83.1 Å². The van der Waals surface area contributed by atoms with E-state index in [9.17, 15) is 9.59 Å². The molecule has 2 aromatic carbocycles. The third-order valence-corrected chi connectivity index (χ3v) is 7.22. The fraction of sp³-hybridized carbons (Fsp3) is 0.500. The molecule has 0 aromatic heterocycles. The molecule has 0 bridgehead atoms. The number of nitrogens with one attached hydrogen (secondary N) is 2. The van der Waals surface area contributed by atoms with Crippen LogP contribution in [0.5, 0.6) is 0 Å². The van der Waals surface area contributed by atoms with Gasteiger partial charge in [-0.05, 0) is 38.1 Å². The lowest BCUT2D eigenvalue weighted by Crippen LogP contribution is -2.37. The van der Waals surface area contributed by atoms with Crippen LogP contribution in [-0.4, -0.2) is 100 Å². The molecule has 0 saturated carbocycles. The highest BCUT2D eigenvalue weighted by Gasteiger charge is 2.33. The Hall–Kier alpha value is -2.78. The Bertz CT molecular complexity index is 993. The Labute approximate surface area is 212 Å². The van der Waals surface area contributed by atoms with Gasteiger partial charge in [0.25, 0.3) is 0 Å². The number of rotatable bonds is 10. The van der Waals surface area contributed by atoms with Crippen LogP contribution >= 0.6 is 0 Å². The molecule has 192 valence electrons. The van der Waals surface area contributed by atoms with Gasteiger partial charge in [-0.2, -0.15) is 0 Å².